The Balaban J connectivity index is 2.34. The van der Waals surface area contributed by atoms with Gasteiger partial charge < -0.3 is 10.2 Å². The quantitative estimate of drug-likeness (QED) is 0.546. The average Bonchev–Trinajstić information content (AvgIpc) is 2.44. The highest BCUT2D eigenvalue weighted by Crippen LogP contribution is 2.31. The van der Waals surface area contributed by atoms with Gasteiger partial charge in [0.25, 0.3) is 0 Å². The first-order valence-corrected chi connectivity index (χ1v) is 6.20. The van der Waals surface area contributed by atoms with Crippen LogP contribution in [0.3, 0.4) is 0 Å². The fraction of sp³-hybridized carbons (Fsp3) is 0. The lowest BCUT2D eigenvalue weighted by atomic mass is 9.99. The van der Waals surface area contributed by atoms with Gasteiger partial charge >= 0.3 is 5.97 Å². The standard InChI is InChI=1S/C17H12O3/c18-16-7-5-13-9-11-3-1-2-4-12(11)10-15(13)14(16)6-8-17(19)20/h1-10,18H,(H,19,20). The number of fused-ring (bicyclic) bond motifs is 2. The number of benzene rings is 3. The van der Waals surface area contributed by atoms with Crippen molar-refractivity contribution >= 4 is 33.6 Å². The molecule has 0 atom stereocenters. The number of aliphatic carboxylic acids is 1. The molecule has 0 aliphatic rings. The molecule has 0 radical (unpaired) electrons. The van der Waals surface area contributed by atoms with Gasteiger partial charge in [-0.25, -0.2) is 4.79 Å². The molecule has 0 aliphatic heterocycles. The van der Waals surface area contributed by atoms with E-state index in [-0.39, 0.29) is 5.75 Å². The summed E-state index contributed by atoms with van der Waals surface area (Å²) < 4.78 is 0. The van der Waals surface area contributed by atoms with Crippen LogP contribution < -0.4 is 0 Å². The third kappa shape index (κ3) is 2.10. The molecule has 2 N–H and O–H groups in total. The summed E-state index contributed by atoms with van der Waals surface area (Å²) in [5.74, 6) is -0.965. The highest BCUT2D eigenvalue weighted by molar-refractivity contribution is 6.03. The van der Waals surface area contributed by atoms with Crippen molar-refractivity contribution in [2.75, 3.05) is 0 Å². The number of hydrogen-bond acceptors (Lipinski definition) is 2. The highest BCUT2D eigenvalue weighted by Gasteiger charge is 2.06. The van der Waals surface area contributed by atoms with E-state index >= 15 is 0 Å². The molecular weight excluding hydrogens is 252 g/mol. The average molecular weight is 264 g/mol. The largest absolute Gasteiger partial charge is 0.507 e. The van der Waals surface area contributed by atoms with Crippen LogP contribution in [-0.4, -0.2) is 16.2 Å². The third-order valence-electron chi connectivity index (χ3n) is 3.30. The van der Waals surface area contributed by atoms with Crippen LogP contribution in [-0.2, 0) is 4.79 Å². The minimum Gasteiger partial charge on any atom is -0.507 e. The molecule has 0 amide bonds. The van der Waals surface area contributed by atoms with Gasteiger partial charge in [0.05, 0.1) is 0 Å². The van der Waals surface area contributed by atoms with E-state index in [2.05, 4.69) is 0 Å². The molecule has 0 aliphatic carbocycles. The summed E-state index contributed by atoms with van der Waals surface area (Å²) in [6.45, 7) is 0. The van der Waals surface area contributed by atoms with Crippen molar-refractivity contribution < 1.29 is 15.0 Å². The zero-order valence-corrected chi connectivity index (χ0v) is 10.6. The monoisotopic (exact) mass is 264 g/mol. The van der Waals surface area contributed by atoms with Crippen LogP contribution >= 0.6 is 0 Å². The molecule has 0 unspecified atom stereocenters. The number of phenols is 1. The summed E-state index contributed by atoms with van der Waals surface area (Å²) >= 11 is 0. The Hall–Kier alpha value is -2.81. The zero-order chi connectivity index (χ0) is 14.1. The maximum Gasteiger partial charge on any atom is 0.328 e. The van der Waals surface area contributed by atoms with Crippen molar-refractivity contribution in [2.45, 2.75) is 0 Å². The highest BCUT2D eigenvalue weighted by atomic mass is 16.4. The number of carbonyl (C=O) groups is 1. The first-order chi connectivity index (χ1) is 9.65. The van der Waals surface area contributed by atoms with Gasteiger partial charge in [-0.3, -0.25) is 0 Å². The summed E-state index contributed by atoms with van der Waals surface area (Å²) in [5, 5.41) is 22.7. The molecule has 3 aromatic rings. The van der Waals surface area contributed by atoms with Crippen LogP contribution in [0.5, 0.6) is 5.75 Å². The van der Waals surface area contributed by atoms with Gasteiger partial charge in [0.15, 0.2) is 0 Å². The topological polar surface area (TPSA) is 57.5 Å². The molecule has 0 bridgehead atoms. The van der Waals surface area contributed by atoms with Crippen LogP contribution in [0.2, 0.25) is 0 Å². The van der Waals surface area contributed by atoms with Crippen molar-refractivity contribution in [3.05, 3.63) is 60.2 Å². The fourth-order valence-electron chi connectivity index (χ4n) is 2.36. The van der Waals surface area contributed by atoms with Crippen molar-refractivity contribution in [1.29, 1.82) is 0 Å². The van der Waals surface area contributed by atoms with Crippen molar-refractivity contribution in [3.63, 3.8) is 0 Å². The minimum atomic E-state index is -1.04. The number of phenolic OH excluding ortho intramolecular Hbond substituents is 1. The maximum absolute atomic E-state index is 10.7. The second-order valence-corrected chi connectivity index (χ2v) is 4.59. The second-order valence-electron chi connectivity index (χ2n) is 4.59. The molecule has 20 heavy (non-hydrogen) atoms. The lowest BCUT2D eigenvalue weighted by molar-refractivity contribution is -0.131. The van der Waals surface area contributed by atoms with Crippen LogP contribution in [0, 0.1) is 0 Å². The van der Waals surface area contributed by atoms with Crippen LogP contribution in [0.15, 0.2) is 54.6 Å². The number of carboxylic acid groups (broad SMARTS) is 1. The number of hydrogen-bond donors (Lipinski definition) is 2. The molecule has 0 fully saturated rings. The Morgan fingerprint density at radius 3 is 2.35 bits per heavy atom. The fourth-order valence-corrected chi connectivity index (χ4v) is 2.36. The van der Waals surface area contributed by atoms with Gasteiger partial charge in [-0.15, -0.1) is 0 Å². The van der Waals surface area contributed by atoms with Gasteiger partial charge in [-0.1, -0.05) is 30.3 Å². The molecule has 3 aromatic carbocycles. The van der Waals surface area contributed by atoms with E-state index in [4.69, 9.17) is 5.11 Å². The lowest BCUT2D eigenvalue weighted by Crippen LogP contribution is -1.87. The Bertz CT molecular complexity index is 847. The van der Waals surface area contributed by atoms with Crippen LogP contribution in [0.4, 0.5) is 0 Å². The molecule has 0 heterocycles. The molecule has 0 saturated carbocycles. The van der Waals surface area contributed by atoms with E-state index in [1.165, 1.54) is 6.08 Å². The molecule has 3 rings (SSSR count). The van der Waals surface area contributed by atoms with Crippen molar-refractivity contribution in [1.82, 2.24) is 0 Å². The van der Waals surface area contributed by atoms with Crippen LogP contribution in [0.1, 0.15) is 5.56 Å². The number of aromatic hydroxyl groups is 1. The van der Waals surface area contributed by atoms with Gasteiger partial charge in [0.2, 0.25) is 0 Å². The van der Waals surface area contributed by atoms with Crippen LogP contribution in [0.25, 0.3) is 27.6 Å². The van der Waals surface area contributed by atoms with Gasteiger partial charge in [0.1, 0.15) is 5.75 Å². The number of carboxylic acids is 1. The molecule has 0 spiro atoms. The molecule has 3 nitrogen and oxygen atoms in total. The van der Waals surface area contributed by atoms with E-state index in [9.17, 15) is 9.90 Å². The molecule has 98 valence electrons. The molecule has 0 saturated heterocycles. The van der Waals surface area contributed by atoms with Crippen molar-refractivity contribution in [3.8, 4) is 5.75 Å². The Labute approximate surface area is 115 Å². The Morgan fingerprint density at radius 1 is 0.950 bits per heavy atom. The summed E-state index contributed by atoms with van der Waals surface area (Å²) in [6, 6.07) is 15.3. The van der Waals surface area contributed by atoms with Gasteiger partial charge in [0, 0.05) is 11.6 Å². The predicted molar refractivity (Wildman–Crippen MR) is 79.8 cm³/mol. The maximum atomic E-state index is 10.7. The van der Waals surface area contributed by atoms with E-state index in [0.29, 0.717) is 5.56 Å². The summed E-state index contributed by atoms with van der Waals surface area (Å²) in [6.07, 6.45) is 2.46. The normalized spacial score (nSPS) is 11.4. The second kappa shape index (κ2) is 4.70. The summed E-state index contributed by atoms with van der Waals surface area (Å²) in [5.41, 5.74) is 0.524. The number of rotatable bonds is 2. The van der Waals surface area contributed by atoms with E-state index in [1.54, 1.807) is 6.07 Å². The SMILES string of the molecule is O=C(O)C=Cc1c(O)ccc2cc3ccccc3cc12. The van der Waals surface area contributed by atoms with Crippen molar-refractivity contribution in [2.24, 2.45) is 0 Å². The first-order valence-electron chi connectivity index (χ1n) is 6.20. The summed E-state index contributed by atoms with van der Waals surface area (Å²) in [7, 11) is 0. The minimum absolute atomic E-state index is 0.0743. The Morgan fingerprint density at radius 2 is 1.65 bits per heavy atom. The molecular formula is C17H12O3. The van der Waals surface area contributed by atoms with E-state index in [1.807, 2.05) is 42.5 Å². The lowest BCUT2D eigenvalue weighted by Gasteiger charge is -2.07. The molecule has 0 aromatic heterocycles. The zero-order valence-electron chi connectivity index (χ0n) is 10.6. The Kier molecular flexibility index (Phi) is 2.88. The van der Waals surface area contributed by atoms with E-state index in [0.717, 1.165) is 27.6 Å². The molecule has 3 heteroatoms. The predicted octanol–water partition coefficient (Wildman–Crippen LogP) is 3.80. The smallest absolute Gasteiger partial charge is 0.328 e. The van der Waals surface area contributed by atoms with E-state index < -0.39 is 5.97 Å². The first kappa shape index (κ1) is 12.2. The van der Waals surface area contributed by atoms with Gasteiger partial charge in [-0.05, 0) is 45.8 Å². The third-order valence-corrected chi connectivity index (χ3v) is 3.30. The van der Waals surface area contributed by atoms with Gasteiger partial charge in [-0.2, -0.15) is 0 Å². The summed E-state index contributed by atoms with van der Waals surface area (Å²) in [4.78, 5) is 10.7.